The SMILES string of the molecule is COc1ccc(Cl)c(NCCn2cccn2)c1. The number of hydrogen-bond donors (Lipinski definition) is 1. The first-order valence-electron chi connectivity index (χ1n) is 5.34. The van der Waals surface area contributed by atoms with E-state index in [0.29, 0.717) is 5.02 Å². The molecule has 0 fully saturated rings. The Morgan fingerprint density at radius 1 is 1.47 bits per heavy atom. The number of anilines is 1. The molecule has 0 unspecified atom stereocenters. The van der Waals surface area contributed by atoms with Crippen LogP contribution in [0.15, 0.2) is 36.7 Å². The molecule has 0 bridgehead atoms. The molecule has 0 aliphatic carbocycles. The second-order valence-corrected chi connectivity index (χ2v) is 3.95. The molecule has 1 aromatic heterocycles. The highest BCUT2D eigenvalue weighted by Gasteiger charge is 2.01. The minimum absolute atomic E-state index is 0.686. The third-order valence-electron chi connectivity index (χ3n) is 2.39. The molecule has 1 N–H and O–H groups in total. The van der Waals surface area contributed by atoms with E-state index in [1.807, 2.05) is 35.1 Å². The van der Waals surface area contributed by atoms with E-state index in [9.17, 15) is 0 Å². The van der Waals surface area contributed by atoms with Gasteiger partial charge in [0.2, 0.25) is 0 Å². The van der Waals surface area contributed by atoms with Crippen LogP contribution in [-0.4, -0.2) is 23.4 Å². The van der Waals surface area contributed by atoms with E-state index < -0.39 is 0 Å². The number of benzene rings is 1. The van der Waals surface area contributed by atoms with Crippen molar-refractivity contribution in [3.63, 3.8) is 0 Å². The van der Waals surface area contributed by atoms with Crippen molar-refractivity contribution in [3.8, 4) is 5.75 Å². The van der Waals surface area contributed by atoms with Gasteiger partial charge in [-0.1, -0.05) is 11.6 Å². The predicted molar refractivity (Wildman–Crippen MR) is 68.7 cm³/mol. The lowest BCUT2D eigenvalue weighted by Crippen LogP contribution is -2.11. The van der Waals surface area contributed by atoms with Crippen molar-refractivity contribution in [3.05, 3.63) is 41.7 Å². The maximum absolute atomic E-state index is 6.07. The Bertz CT molecular complexity index is 471. The molecule has 0 saturated heterocycles. The van der Waals surface area contributed by atoms with Gasteiger partial charge in [0.15, 0.2) is 0 Å². The summed E-state index contributed by atoms with van der Waals surface area (Å²) in [5.41, 5.74) is 0.873. The Morgan fingerprint density at radius 2 is 2.35 bits per heavy atom. The summed E-state index contributed by atoms with van der Waals surface area (Å²) in [6.07, 6.45) is 3.69. The van der Waals surface area contributed by atoms with Crippen LogP contribution in [0.4, 0.5) is 5.69 Å². The average Bonchev–Trinajstić information content (AvgIpc) is 2.84. The summed E-state index contributed by atoms with van der Waals surface area (Å²) in [7, 11) is 1.64. The fourth-order valence-electron chi connectivity index (χ4n) is 1.50. The summed E-state index contributed by atoms with van der Waals surface area (Å²) < 4.78 is 7.01. The standard InChI is InChI=1S/C12H14ClN3O/c1-17-10-3-4-11(13)12(9-10)14-6-8-16-7-2-5-15-16/h2-5,7,9,14H,6,8H2,1H3. The number of aromatic nitrogens is 2. The number of hydrogen-bond acceptors (Lipinski definition) is 3. The molecule has 90 valence electrons. The molecule has 1 aromatic carbocycles. The minimum Gasteiger partial charge on any atom is -0.497 e. The highest BCUT2D eigenvalue weighted by molar-refractivity contribution is 6.33. The highest BCUT2D eigenvalue weighted by atomic mass is 35.5. The van der Waals surface area contributed by atoms with Crippen LogP contribution < -0.4 is 10.1 Å². The van der Waals surface area contributed by atoms with Crippen molar-refractivity contribution < 1.29 is 4.74 Å². The van der Waals surface area contributed by atoms with Crippen molar-refractivity contribution >= 4 is 17.3 Å². The van der Waals surface area contributed by atoms with Crippen LogP contribution >= 0.6 is 11.6 Å². The second kappa shape index (κ2) is 5.59. The summed E-state index contributed by atoms with van der Waals surface area (Å²) >= 11 is 6.07. The van der Waals surface area contributed by atoms with Gasteiger partial charge in [-0.05, 0) is 18.2 Å². The van der Waals surface area contributed by atoms with Gasteiger partial charge in [-0.3, -0.25) is 4.68 Å². The molecule has 4 nitrogen and oxygen atoms in total. The molecular weight excluding hydrogens is 238 g/mol. The fourth-order valence-corrected chi connectivity index (χ4v) is 1.69. The largest absolute Gasteiger partial charge is 0.497 e. The van der Waals surface area contributed by atoms with Crippen LogP contribution in [0.5, 0.6) is 5.75 Å². The van der Waals surface area contributed by atoms with Crippen LogP contribution in [0.25, 0.3) is 0 Å². The van der Waals surface area contributed by atoms with Gasteiger partial charge in [-0.2, -0.15) is 5.10 Å². The molecule has 0 radical (unpaired) electrons. The van der Waals surface area contributed by atoms with Crippen molar-refractivity contribution in [1.82, 2.24) is 9.78 Å². The van der Waals surface area contributed by atoms with Crippen LogP contribution in [-0.2, 0) is 6.54 Å². The maximum Gasteiger partial charge on any atom is 0.121 e. The first-order chi connectivity index (χ1) is 8.29. The van der Waals surface area contributed by atoms with Gasteiger partial charge >= 0.3 is 0 Å². The molecule has 0 spiro atoms. The number of methoxy groups -OCH3 is 1. The number of rotatable bonds is 5. The molecule has 0 aliphatic heterocycles. The smallest absolute Gasteiger partial charge is 0.121 e. The van der Waals surface area contributed by atoms with Crippen molar-refractivity contribution in [1.29, 1.82) is 0 Å². The Kier molecular flexibility index (Phi) is 3.88. The molecular formula is C12H14ClN3O. The zero-order chi connectivity index (χ0) is 12.1. The summed E-state index contributed by atoms with van der Waals surface area (Å²) in [5, 5.41) is 8.06. The van der Waals surface area contributed by atoms with E-state index in [2.05, 4.69) is 10.4 Å². The Morgan fingerprint density at radius 3 is 3.06 bits per heavy atom. The monoisotopic (exact) mass is 251 g/mol. The fraction of sp³-hybridized carbons (Fsp3) is 0.250. The predicted octanol–water partition coefficient (Wildman–Crippen LogP) is 2.66. The summed E-state index contributed by atoms with van der Waals surface area (Å²) in [4.78, 5) is 0. The van der Waals surface area contributed by atoms with Crippen LogP contribution in [0, 0.1) is 0 Å². The number of nitrogens with one attached hydrogen (secondary N) is 1. The van der Waals surface area contributed by atoms with E-state index >= 15 is 0 Å². The third kappa shape index (κ3) is 3.14. The Balaban J connectivity index is 1.94. The van der Waals surface area contributed by atoms with E-state index in [1.54, 1.807) is 13.3 Å². The Hall–Kier alpha value is -1.68. The highest BCUT2D eigenvalue weighted by Crippen LogP contribution is 2.26. The molecule has 0 aliphatic rings. The molecule has 17 heavy (non-hydrogen) atoms. The number of halogens is 1. The molecule has 1 heterocycles. The van der Waals surface area contributed by atoms with Gasteiger partial charge in [0.05, 0.1) is 24.4 Å². The molecule has 0 saturated carbocycles. The maximum atomic E-state index is 6.07. The van der Waals surface area contributed by atoms with Gasteiger partial charge in [0.1, 0.15) is 5.75 Å². The molecule has 0 atom stereocenters. The van der Waals surface area contributed by atoms with Gasteiger partial charge in [0, 0.05) is 25.0 Å². The second-order valence-electron chi connectivity index (χ2n) is 3.54. The number of nitrogens with zero attached hydrogens (tertiary/aromatic N) is 2. The van der Waals surface area contributed by atoms with Crippen molar-refractivity contribution in [2.75, 3.05) is 19.0 Å². The topological polar surface area (TPSA) is 39.1 Å². The lowest BCUT2D eigenvalue weighted by Gasteiger charge is -2.10. The van der Waals surface area contributed by atoms with Crippen LogP contribution in [0.3, 0.4) is 0 Å². The summed E-state index contributed by atoms with van der Waals surface area (Å²) in [6.45, 7) is 1.55. The zero-order valence-electron chi connectivity index (χ0n) is 9.56. The Labute approximate surface area is 105 Å². The molecule has 2 rings (SSSR count). The molecule has 0 amide bonds. The normalized spacial score (nSPS) is 10.2. The van der Waals surface area contributed by atoms with Crippen LogP contribution in [0.1, 0.15) is 0 Å². The van der Waals surface area contributed by atoms with Gasteiger partial charge < -0.3 is 10.1 Å². The van der Waals surface area contributed by atoms with Gasteiger partial charge in [0.25, 0.3) is 0 Å². The van der Waals surface area contributed by atoms with Gasteiger partial charge in [-0.25, -0.2) is 0 Å². The van der Waals surface area contributed by atoms with E-state index in [1.165, 1.54) is 0 Å². The zero-order valence-corrected chi connectivity index (χ0v) is 10.3. The lowest BCUT2D eigenvalue weighted by atomic mass is 10.3. The van der Waals surface area contributed by atoms with Gasteiger partial charge in [-0.15, -0.1) is 0 Å². The third-order valence-corrected chi connectivity index (χ3v) is 2.72. The summed E-state index contributed by atoms with van der Waals surface area (Å²) in [5.74, 6) is 0.788. The summed E-state index contributed by atoms with van der Waals surface area (Å²) in [6, 6.07) is 7.43. The average molecular weight is 252 g/mol. The van der Waals surface area contributed by atoms with E-state index in [-0.39, 0.29) is 0 Å². The first kappa shape index (κ1) is 11.8. The molecule has 2 aromatic rings. The minimum atomic E-state index is 0.686. The lowest BCUT2D eigenvalue weighted by molar-refractivity contribution is 0.415. The quantitative estimate of drug-likeness (QED) is 0.888. The van der Waals surface area contributed by atoms with Crippen LogP contribution in [0.2, 0.25) is 5.02 Å². The van der Waals surface area contributed by atoms with E-state index in [0.717, 1.165) is 24.5 Å². The van der Waals surface area contributed by atoms with Crippen molar-refractivity contribution in [2.24, 2.45) is 0 Å². The van der Waals surface area contributed by atoms with Crippen molar-refractivity contribution in [2.45, 2.75) is 6.54 Å². The first-order valence-corrected chi connectivity index (χ1v) is 5.72. The van der Waals surface area contributed by atoms with E-state index in [4.69, 9.17) is 16.3 Å². The molecule has 5 heteroatoms. The number of ether oxygens (including phenoxy) is 1.